The first-order chi connectivity index (χ1) is 15.0. The summed E-state index contributed by atoms with van der Waals surface area (Å²) in [6.07, 6.45) is 5.68. The molecule has 0 spiro atoms. The molecule has 2 aromatic rings. The lowest BCUT2D eigenvalue weighted by Gasteiger charge is -2.48. The molecule has 4 bridgehead atoms. The lowest BCUT2D eigenvalue weighted by atomic mass is 9.81. The maximum absolute atomic E-state index is 12.6. The van der Waals surface area contributed by atoms with Crippen LogP contribution in [-0.4, -0.2) is 46.9 Å². The van der Waals surface area contributed by atoms with Gasteiger partial charge in [0.25, 0.3) is 0 Å². The predicted octanol–water partition coefficient (Wildman–Crippen LogP) is 4.32. The van der Waals surface area contributed by atoms with Crippen LogP contribution in [0.4, 0.5) is 0 Å². The molecule has 6 nitrogen and oxygen atoms in total. The van der Waals surface area contributed by atoms with Crippen LogP contribution < -0.4 is 4.74 Å². The molecule has 3 heterocycles. The van der Waals surface area contributed by atoms with E-state index >= 15 is 0 Å². The maximum Gasteiger partial charge on any atom is 0.306 e. The number of phenolic OH excluding ortho intramolecular Hbond substituents is 2. The van der Waals surface area contributed by atoms with Crippen molar-refractivity contribution >= 4 is 5.97 Å². The minimum atomic E-state index is -0.166. The molecule has 2 fully saturated rings. The first-order valence-electron chi connectivity index (χ1n) is 11.2. The van der Waals surface area contributed by atoms with Gasteiger partial charge in [0.15, 0.2) is 11.5 Å². The second-order valence-electron chi connectivity index (χ2n) is 8.95. The highest BCUT2D eigenvalue weighted by atomic mass is 16.5. The zero-order valence-electron chi connectivity index (χ0n) is 17.8. The Kier molecular flexibility index (Phi) is 5.26. The number of carbonyl (C=O) groups excluding carboxylic acids is 1. The Bertz CT molecular complexity index is 1000. The Hall–Kier alpha value is -2.73. The molecule has 0 saturated carbocycles. The molecule has 3 aliphatic heterocycles. The van der Waals surface area contributed by atoms with Crippen LogP contribution in [0.3, 0.4) is 0 Å². The number of benzene rings is 2. The van der Waals surface area contributed by atoms with Crippen molar-refractivity contribution in [1.82, 2.24) is 4.90 Å². The number of hydrogen-bond donors (Lipinski definition) is 2. The van der Waals surface area contributed by atoms with Crippen LogP contribution in [0.5, 0.6) is 17.2 Å². The van der Waals surface area contributed by atoms with E-state index in [9.17, 15) is 15.0 Å². The van der Waals surface area contributed by atoms with Crippen LogP contribution in [0.15, 0.2) is 30.3 Å². The van der Waals surface area contributed by atoms with E-state index in [2.05, 4.69) is 4.90 Å². The number of carbonyl (C=O) groups is 1. The molecule has 3 aliphatic rings. The van der Waals surface area contributed by atoms with E-state index in [1.54, 1.807) is 12.1 Å². The Morgan fingerprint density at radius 2 is 1.90 bits per heavy atom. The SMILES string of the molecule is COc1cc2c(cc1O)C1CC(CC3CCCCN31)OC(=O)CCc1ccc(O)c-2c1. The molecular weight excluding hydrogens is 394 g/mol. The van der Waals surface area contributed by atoms with E-state index in [0.29, 0.717) is 36.6 Å². The smallest absolute Gasteiger partial charge is 0.306 e. The topological polar surface area (TPSA) is 79.2 Å². The third-order valence-corrected chi connectivity index (χ3v) is 7.07. The number of ether oxygens (including phenoxy) is 2. The number of rotatable bonds is 1. The summed E-state index contributed by atoms with van der Waals surface area (Å²) in [5, 5.41) is 21.4. The first kappa shape index (κ1) is 20.2. The Balaban J connectivity index is 1.72. The van der Waals surface area contributed by atoms with Crippen molar-refractivity contribution in [2.45, 2.75) is 63.1 Å². The van der Waals surface area contributed by atoms with Crippen LogP contribution in [-0.2, 0) is 16.0 Å². The van der Waals surface area contributed by atoms with Crippen molar-refractivity contribution in [3.8, 4) is 28.4 Å². The van der Waals surface area contributed by atoms with Crippen molar-refractivity contribution in [2.24, 2.45) is 0 Å². The monoisotopic (exact) mass is 423 g/mol. The number of aryl methyl sites for hydroxylation is 1. The fraction of sp³-hybridized carbons (Fsp3) is 0.480. The number of methoxy groups -OCH3 is 1. The molecule has 2 saturated heterocycles. The van der Waals surface area contributed by atoms with E-state index < -0.39 is 0 Å². The summed E-state index contributed by atoms with van der Waals surface area (Å²) in [5.74, 6) is 0.474. The second kappa shape index (κ2) is 8.08. The first-order valence-corrected chi connectivity index (χ1v) is 11.2. The third-order valence-electron chi connectivity index (χ3n) is 7.07. The van der Waals surface area contributed by atoms with E-state index in [-0.39, 0.29) is 29.6 Å². The zero-order valence-corrected chi connectivity index (χ0v) is 17.8. The van der Waals surface area contributed by atoms with Gasteiger partial charge in [-0.25, -0.2) is 0 Å². The molecule has 0 aliphatic carbocycles. The highest BCUT2D eigenvalue weighted by Crippen LogP contribution is 2.47. The van der Waals surface area contributed by atoms with Gasteiger partial charge < -0.3 is 19.7 Å². The lowest BCUT2D eigenvalue weighted by Crippen LogP contribution is -2.49. The molecule has 0 radical (unpaired) electrons. The maximum atomic E-state index is 12.6. The van der Waals surface area contributed by atoms with Crippen molar-refractivity contribution in [2.75, 3.05) is 13.7 Å². The quantitative estimate of drug-likeness (QED) is 0.665. The van der Waals surface area contributed by atoms with E-state index in [1.807, 2.05) is 18.2 Å². The average Bonchev–Trinajstić information content (AvgIpc) is 2.77. The number of esters is 1. The normalized spacial score (nSPS) is 26.0. The highest BCUT2D eigenvalue weighted by molar-refractivity contribution is 5.77. The van der Waals surface area contributed by atoms with Gasteiger partial charge in [0.05, 0.1) is 7.11 Å². The van der Waals surface area contributed by atoms with Crippen molar-refractivity contribution in [3.05, 3.63) is 41.5 Å². The fourth-order valence-electron chi connectivity index (χ4n) is 5.57. The standard InChI is InChI=1S/C25H29NO5/c1-30-24-14-18-19(13-23(24)28)21-12-17(11-16-4-2-3-9-26(16)21)31-25(29)8-6-15-5-7-22(27)20(18)10-15/h5,7,10,13-14,16-17,21,27-28H,2-4,6,8-9,11-12H2,1H3. The zero-order chi connectivity index (χ0) is 21.5. The number of nitrogens with zero attached hydrogens (tertiary/aromatic N) is 1. The summed E-state index contributed by atoms with van der Waals surface area (Å²) >= 11 is 0. The van der Waals surface area contributed by atoms with Crippen LogP contribution in [0.2, 0.25) is 0 Å². The molecular formula is C25H29NO5. The van der Waals surface area contributed by atoms with Gasteiger partial charge in [0, 0.05) is 36.9 Å². The number of aromatic hydroxyl groups is 2. The van der Waals surface area contributed by atoms with Crippen LogP contribution >= 0.6 is 0 Å². The Morgan fingerprint density at radius 3 is 2.74 bits per heavy atom. The number of piperidine rings is 2. The van der Waals surface area contributed by atoms with Gasteiger partial charge in [0.2, 0.25) is 0 Å². The van der Waals surface area contributed by atoms with Gasteiger partial charge in [-0.2, -0.15) is 0 Å². The summed E-state index contributed by atoms with van der Waals surface area (Å²) < 4.78 is 11.3. The summed E-state index contributed by atoms with van der Waals surface area (Å²) in [7, 11) is 1.53. The molecule has 5 rings (SSSR count). The molecule has 3 atom stereocenters. The van der Waals surface area contributed by atoms with Gasteiger partial charge in [-0.15, -0.1) is 0 Å². The van der Waals surface area contributed by atoms with Gasteiger partial charge in [-0.1, -0.05) is 12.5 Å². The van der Waals surface area contributed by atoms with Gasteiger partial charge >= 0.3 is 5.97 Å². The van der Waals surface area contributed by atoms with Crippen LogP contribution in [0.25, 0.3) is 11.1 Å². The largest absolute Gasteiger partial charge is 0.507 e. The molecule has 31 heavy (non-hydrogen) atoms. The minimum absolute atomic E-state index is 0.00820. The molecule has 0 aromatic heterocycles. The van der Waals surface area contributed by atoms with Crippen LogP contribution in [0, 0.1) is 0 Å². The van der Waals surface area contributed by atoms with E-state index in [0.717, 1.165) is 42.5 Å². The summed E-state index contributed by atoms with van der Waals surface area (Å²) in [4.78, 5) is 15.1. The predicted molar refractivity (Wildman–Crippen MR) is 116 cm³/mol. The minimum Gasteiger partial charge on any atom is -0.507 e. The third kappa shape index (κ3) is 3.74. The van der Waals surface area contributed by atoms with Crippen molar-refractivity contribution in [1.29, 1.82) is 0 Å². The molecule has 0 amide bonds. The molecule has 6 heteroatoms. The Morgan fingerprint density at radius 1 is 1.03 bits per heavy atom. The number of fused-ring (bicyclic) bond motifs is 9. The summed E-state index contributed by atoms with van der Waals surface area (Å²) in [6, 6.07) is 9.40. The van der Waals surface area contributed by atoms with Gasteiger partial charge in [-0.05, 0) is 66.8 Å². The summed E-state index contributed by atoms with van der Waals surface area (Å²) in [5.41, 5.74) is 3.47. The van der Waals surface area contributed by atoms with E-state index in [1.165, 1.54) is 13.5 Å². The molecule has 164 valence electrons. The molecule has 2 N–H and O–H groups in total. The highest BCUT2D eigenvalue weighted by Gasteiger charge is 2.40. The van der Waals surface area contributed by atoms with Gasteiger partial charge in [-0.3, -0.25) is 9.69 Å². The molecule has 3 unspecified atom stereocenters. The number of phenols is 2. The fourth-order valence-corrected chi connectivity index (χ4v) is 5.57. The van der Waals surface area contributed by atoms with E-state index in [4.69, 9.17) is 9.47 Å². The summed E-state index contributed by atoms with van der Waals surface area (Å²) in [6.45, 7) is 0.980. The molecule has 2 aromatic carbocycles. The van der Waals surface area contributed by atoms with Gasteiger partial charge in [0.1, 0.15) is 11.9 Å². The van der Waals surface area contributed by atoms with Crippen LogP contribution in [0.1, 0.15) is 55.7 Å². The number of hydrogen-bond acceptors (Lipinski definition) is 6. The average molecular weight is 424 g/mol. The van der Waals surface area contributed by atoms with Crippen molar-refractivity contribution < 1.29 is 24.5 Å². The lowest BCUT2D eigenvalue weighted by molar-refractivity contribution is -0.154. The second-order valence-corrected chi connectivity index (χ2v) is 8.95. The van der Waals surface area contributed by atoms with Crippen molar-refractivity contribution in [3.63, 3.8) is 0 Å². The Labute approximate surface area is 182 Å².